The zero-order valence-electron chi connectivity index (χ0n) is 11.8. The van der Waals surface area contributed by atoms with Crippen LogP contribution >= 0.6 is 0 Å². The summed E-state index contributed by atoms with van der Waals surface area (Å²) in [4.78, 5) is 11.9. The number of ketones is 1. The first-order valence-corrected chi connectivity index (χ1v) is 7.50. The fourth-order valence-electron chi connectivity index (χ4n) is 3.35. The van der Waals surface area contributed by atoms with Gasteiger partial charge in [0.1, 0.15) is 5.78 Å². The highest BCUT2D eigenvalue weighted by Crippen LogP contribution is 2.35. The topological polar surface area (TPSA) is 22.0 Å². The van der Waals surface area contributed by atoms with E-state index in [1.165, 1.54) is 16.5 Å². The maximum absolute atomic E-state index is 11.9. The molecular formula is C18H21NO. The fourth-order valence-corrected chi connectivity index (χ4v) is 3.35. The van der Waals surface area contributed by atoms with E-state index in [0.717, 1.165) is 32.2 Å². The Morgan fingerprint density at radius 3 is 3.00 bits per heavy atom. The van der Waals surface area contributed by atoms with E-state index in [-0.39, 0.29) is 0 Å². The Labute approximate surface area is 120 Å². The molecular weight excluding hydrogens is 246 g/mol. The Balaban J connectivity index is 2.05. The molecule has 1 heterocycles. The largest absolute Gasteiger partial charge is 0.343 e. The molecule has 1 saturated carbocycles. The lowest BCUT2D eigenvalue weighted by Gasteiger charge is -2.12. The van der Waals surface area contributed by atoms with Gasteiger partial charge in [-0.2, -0.15) is 0 Å². The van der Waals surface area contributed by atoms with Gasteiger partial charge in [0.15, 0.2) is 0 Å². The second kappa shape index (κ2) is 5.66. The Bertz CT molecular complexity index is 638. The van der Waals surface area contributed by atoms with E-state index in [9.17, 15) is 4.79 Å². The molecule has 1 fully saturated rings. The van der Waals surface area contributed by atoms with Crippen molar-refractivity contribution in [2.75, 3.05) is 0 Å². The van der Waals surface area contributed by atoms with Crippen molar-refractivity contribution in [1.82, 2.24) is 4.57 Å². The van der Waals surface area contributed by atoms with Crippen molar-refractivity contribution in [3.05, 3.63) is 48.7 Å². The number of fused-ring (bicyclic) bond motifs is 1. The average Bonchev–Trinajstić information content (AvgIpc) is 2.67. The van der Waals surface area contributed by atoms with Gasteiger partial charge >= 0.3 is 0 Å². The van der Waals surface area contributed by atoms with Gasteiger partial charge in [0, 0.05) is 36.5 Å². The van der Waals surface area contributed by atoms with Crippen LogP contribution < -0.4 is 0 Å². The van der Waals surface area contributed by atoms with Gasteiger partial charge in [-0.3, -0.25) is 4.79 Å². The number of aromatic nitrogens is 1. The molecule has 0 spiro atoms. The quantitative estimate of drug-likeness (QED) is 0.595. The zero-order valence-corrected chi connectivity index (χ0v) is 11.8. The van der Waals surface area contributed by atoms with E-state index in [1.807, 2.05) is 6.08 Å². The summed E-state index contributed by atoms with van der Waals surface area (Å²) >= 11 is 0. The highest BCUT2D eigenvalue weighted by atomic mass is 16.1. The molecule has 104 valence electrons. The number of benzene rings is 1. The predicted molar refractivity (Wildman–Crippen MR) is 83.0 cm³/mol. The lowest BCUT2D eigenvalue weighted by atomic mass is 9.91. The van der Waals surface area contributed by atoms with Crippen molar-refractivity contribution in [1.29, 1.82) is 0 Å². The van der Waals surface area contributed by atoms with E-state index >= 15 is 0 Å². The number of allylic oxidation sites excluding steroid dienone is 1. The average molecular weight is 267 g/mol. The highest BCUT2D eigenvalue weighted by Gasteiger charge is 2.22. The maximum atomic E-state index is 11.9. The summed E-state index contributed by atoms with van der Waals surface area (Å²) in [5, 5.41) is 1.30. The van der Waals surface area contributed by atoms with E-state index < -0.39 is 0 Å². The lowest BCUT2D eigenvalue weighted by Crippen LogP contribution is -2.03. The van der Waals surface area contributed by atoms with Crippen molar-refractivity contribution in [2.45, 2.75) is 44.6 Å². The van der Waals surface area contributed by atoms with Crippen molar-refractivity contribution in [2.24, 2.45) is 0 Å². The number of hydrogen-bond donors (Lipinski definition) is 0. The first-order chi connectivity index (χ1) is 9.79. The minimum atomic E-state index is 0.390. The van der Waals surface area contributed by atoms with Gasteiger partial charge in [-0.1, -0.05) is 30.7 Å². The van der Waals surface area contributed by atoms with Crippen LogP contribution in [0.3, 0.4) is 0 Å². The summed E-state index contributed by atoms with van der Waals surface area (Å²) in [5.41, 5.74) is 2.59. The number of rotatable bonds is 3. The molecule has 0 N–H and O–H groups in total. The SMILES string of the molecule is C=CCn1cc(C2CCCCC(=O)C2)c2ccccc21. The Kier molecular flexibility index (Phi) is 3.72. The molecule has 0 amide bonds. The van der Waals surface area contributed by atoms with Crippen LogP contribution in [-0.4, -0.2) is 10.4 Å². The molecule has 1 aromatic carbocycles. The van der Waals surface area contributed by atoms with E-state index in [4.69, 9.17) is 0 Å². The van der Waals surface area contributed by atoms with Crippen LogP contribution in [0.5, 0.6) is 0 Å². The number of nitrogens with zero attached hydrogens (tertiary/aromatic N) is 1. The smallest absolute Gasteiger partial charge is 0.133 e. The van der Waals surface area contributed by atoms with Gasteiger partial charge in [-0.25, -0.2) is 0 Å². The summed E-state index contributed by atoms with van der Waals surface area (Å²) < 4.78 is 2.24. The molecule has 1 aliphatic rings. The standard InChI is InChI=1S/C18H21NO/c1-2-11-19-13-17(16-9-5-6-10-18(16)19)14-7-3-4-8-15(20)12-14/h2,5-6,9-10,13-14H,1,3-4,7-8,11-12H2. The van der Waals surface area contributed by atoms with Crippen LogP contribution in [0.1, 0.15) is 43.6 Å². The van der Waals surface area contributed by atoms with Gasteiger partial charge in [0.25, 0.3) is 0 Å². The molecule has 0 radical (unpaired) electrons. The number of carbonyl (C=O) groups is 1. The van der Waals surface area contributed by atoms with Crippen molar-refractivity contribution in [3.63, 3.8) is 0 Å². The predicted octanol–water partition coefficient (Wildman–Crippen LogP) is 4.44. The van der Waals surface area contributed by atoms with Gasteiger partial charge < -0.3 is 4.57 Å². The summed E-state index contributed by atoms with van der Waals surface area (Å²) in [6.07, 6.45) is 8.99. The normalized spacial score (nSPS) is 20.0. The number of hydrogen-bond acceptors (Lipinski definition) is 1. The third kappa shape index (κ3) is 2.43. The lowest BCUT2D eigenvalue weighted by molar-refractivity contribution is -0.119. The number of para-hydroxylation sites is 1. The van der Waals surface area contributed by atoms with Crippen LogP contribution in [0.2, 0.25) is 0 Å². The van der Waals surface area contributed by atoms with Crippen LogP contribution in [0, 0.1) is 0 Å². The number of Topliss-reactive ketones (excluding diaryl/α,β-unsaturated/α-hetero) is 1. The summed E-state index contributed by atoms with van der Waals surface area (Å²) in [6, 6.07) is 8.49. The van der Waals surface area contributed by atoms with Crippen molar-refractivity contribution in [3.8, 4) is 0 Å². The molecule has 1 aliphatic carbocycles. The zero-order chi connectivity index (χ0) is 13.9. The van der Waals surface area contributed by atoms with Gasteiger partial charge in [0.05, 0.1) is 0 Å². The minimum absolute atomic E-state index is 0.390. The third-order valence-electron chi connectivity index (χ3n) is 4.32. The van der Waals surface area contributed by atoms with Crippen LogP contribution in [0.15, 0.2) is 43.1 Å². The Morgan fingerprint density at radius 2 is 2.15 bits per heavy atom. The van der Waals surface area contributed by atoms with Crippen LogP contribution in [0.25, 0.3) is 10.9 Å². The van der Waals surface area contributed by atoms with Crippen molar-refractivity contribution < 1.29 is 4.79 Å². The molecule has 1 unspecified atom stereocenters. The second-order valence-electron chi connectivity index (χ2n) is 5.73. The molecule has 2 nitrogen and oxygen atoms in total. The molecule has 3 rings (SSSR count). The van der Waals surface area contributed by atoms with Crippen LogP contribution in [-0.2, 0) is 11.3 Å². The first-order valence-electron chi connectivity index (χ1n) is 7.50. The Morgan fingerprint density at radius 1 is 1.30 bits per heavy atom. The molecule has 0 bridgehead atoms. The maximum Gasteiger partial charge on any atom is 0.133 e. The van der Waals surface area contributed by atoms with E-state index in [1.54, 1.807) is 0 Å². The molecule has 0 saturated heterocycles. The molecule has 0 aliphatic heterocycles. The van der Waals surface area contributed by atoms with Crippen LogP contribution in [0.4, 0.5) is 0 Å². The minimum Gasteiger partial charge on any atom is -0.343 e. The summed E-state index contributed by atoms with van der Waals surface area (Å²) in [5.74, 6) is 0.814. The molecule has 2 aromatic rings. The Hall–Kier alpha value is -1.83. The first kappa shape index (κ1) is 13.2. The molecule has 1 atom stereocenters. The summed E-state index contributed by atoms with van der Waals surface area (Å²) in [7, 11) is 0. The van der Waals surface area contributed by atoms with Gasteiger partial charge in [-0.05, 0) is 30.4 Å². The number of carbonyl (C=O) groups excluding carboxylic acids is 1. The highest BCUT2D eigenvalue weighted by molar-refractivity contribution is 5.86. The monoisotopic (exact) mass is 267 g/mol. The van der Waals surface area contributed by atoms with Gasteiger partial charge in [0.2, 0.25) is 0 Å². The second-order valence-corrected chi connectivity index (χ2v) is 5.73. The van der Waals surface area contributed by atoms with Crippen molar-refractivity contribution >= 4 is 16.7 Å². The summed E-state index contributed by atoms with van der Waals surface area (Å²) in [6.45, 7) is 4.66. The van der Waals surface area contributed by atoms with E-state index in [2.05, 4.69) is 41.6 Å². The molecule has 2 heteroatoms. The molecule has 1 aromatic heterocycles. The fraction of sp³-hybridized carbons (Fsp3) is 0.389. The molecule has 20 heavy (non-hydrogen) atoms. The van der Waals surface area contributed by atoms with Gasteiger partial charge in [-0.15, -0.1) is 6.58 Å². The van der Waals surface area contributed by atoms with E-state index in [0.29, 0.717) is 18.1 Å². The third-order valence-corrected chi connectivity index (χ3v) is 4.32.